The van der Waals surface area contributed by atoms with Gasteiger partial charge in [-0.1, -0.05) is 51.1 Å². The van der Waals surface area contributed by atoms with Crippen LogP contribution in [0.1, 0.15) is 52.5 Å². The molecule has 0 aliphatic carbocycles. The number of hydrogen-bond acceptors (Lipinski definition) is 4. The van der Waals surface area contributed by atoms with Crippen LogP contribution in [0.25, 0.3) is 0 Å². The van der Waals surface area contributed by atoms with Crippen LogP contribution in [0.15, 0.2) is 30.3 Å². The molecular weight excluding hydrogens is 356 g/mol. The highest BCUT2D eigenvalue weighted by molar-refractivity contribution is 6.74. The third-order valence-corrected chi connectivity index (χ3v) is 10.6. The van der Waals surface area contributed by atoms with Crippen LogP contribution in [0.5, 0.6) is 0 Å². The summed E-state index contributed by atoms with van der Waals surface area (Å²) in [5, 5.41) is 9.84. The summed E-state index contributed by atoms with van der Waals surface area (Å²) in [6, 6.07) is 10.2. The molecule has 1 aliphatic heterocycles. The van der Waals surface area contributed by atoms with E-state index in [9.17, 15) is 5.11 Å². The van der Waals surface area contributed by atoms with E-state index in [1.807, 2.05) is 18.2 Å². The van der Waals surface area contributed by atoms with Crippen LogP contribution in [0.3, 0.4) is 0 Å². The molecule has 1 aromatic rings. The standard InChI is InChI=1S/C22H38O4Si/c1-21(2,3)27(5,6)26-19(13-15-23)20(22(4)14-10-16-25-22)24-17-18-11-8-7-9-12-18/h7-9,11-12,19-20,23H,10,13-17H2,1-6H3/t19-,20-,22+/m0/s1. The van der Waals surface area contributed by atoms with E-state index in [1.54, 1.807) is 0 Å². The Morgan fingerprint density at radius 2 is 1.89 bits per heavy atom. The van der Waals surface area contributed by atoms with Gasteiger partial charge in [-0.3, -0.25) is 0 Å². The SMILES string of the molecule is CC(C)(C)[Si](C)(C)O[C@@H](CCO)[C@H](OCc1ccccc1)[C@@]1(C)CCCO1. The maximum atomic E-state index is 9.74. The number of hydrogen-bond donors (Lipinski definition) is 1. The smallest absolute Gasteiger partial charge is 0.192 e. The van der Waals surface area contributed by atoms with Gasteiger partial charge in [-0.25, -0.2) is 0 Å². The zero-order valence-electron chi connectivity index (χ0n) is 18.0. The Labute approximate surface area is 166 Å². The minimum Gasteiger partial charge on any atom is -0.411 e. The van der Waals surface area contributed by atoms with E-state index in [2.05, 4.69) is 52.9 Å². The lowest BCUT2D eigenvalue weighted by Crippen LogP contribution is -2.54. The van der Waals surface area contributed by atoms with Crippen molar-refractivity contribution < 1.29 is 19.0 Å². The number of benzene rings is 1. The van der Waals surface area contributed by atoms with Gasteiger partial charge in [-0.05, 0) is 49.9 Å². The summed E-state index contributed by atoms with van der Waals surface area (Å²) in [5.41, 5.74) is 0.760. The molecule has 1 saturated heterocycles. The minimum absolute atomic E-state index is 0.0839. The molecule has 27 heavy (non-hydrogen) atoms. The second-order valence-corrected chi connectivity index (χ2v) is 14.2. The highest BCUT2D eigenvalue weighted by atomic mass is 28.4. The predicted molar refractivity (Wildman–Crippen MR) is 112 cm³/mol. The van der Waals surface area contributed by atoms with Crippen LogP contribution in [-0.4, -0.2) is 44.4 Å². The fraction of sp³-hybridized carbons (Fsp3) is 0.727. The maximum Gasteiger partial charge on any atom is 0.192 e. The Kier molecular flexibility index (Phi) is 7.67. The second-order valence-electron chi connectivity index (χ2n) is 9.41. The van der Waals surface area contributed by atoms with Crippen molar-refractivity contribution in [1.29, 1.82) is 0 Å². The minimum atomic E-state index is -2.01. The summed E-state index contributed by atoms with van der Waals surface area (Å²) in [5.74, 6) is 0. The average molecular weight is 395 g/mol. The van der Waals surface area contributed by atoms with Crippen molar-refractivity contribution in [2.45, 2.75) is 89.5 Å². The van der Waals surface area contributed by atoms with Crippen molar-refractivity contribution in [1.82, 2.24) is 0 Å². The monoisotopic (exact) mass is 394 g/mol. The molecule has 1 fully saturated rings. The van der Waals surface area contributed by atoms with Crippen molar-refractivity contribution in [3.63, 3.8) is 0 Å². The lowest BCUT2D eigenvalue weighted by molar-refractivity contribution is -0.157. The number of aliphatic hydroxyl groups is 1. The Hall–Kier alpha value is -0.723. The lowest BCUT2D eigenvalue weighted by atomic mass is 9.90. The molecule has 1 aromatic carbocycles. The van der Waals surface area contributed by atoms with Crippen LogP contribution in [0.2, 0.25) is 18.1 Å². The first-order chi connectivity index (χ1) is 12.6. The van der Waals surface area contributed by atoms with E-state index in [1.165, 1.54) is 0 Å². The molecule has 2 rings (SSSR count). The number of rotatable bonds is 9. The van der Waals surface area contributed by atoms with Crippen molar-refractivity contribution in [2.75, 3.05) is 13.2 Å². The largest absolute Gasteiger partial charge is 0.411 e. The van der Waals surface area contributed by atoms with Gasteiger partial charge in [0, 0.05) is 13.2 Å². The molecule has 154 valence electrons. The zero-order valence-corrected chi connectivity index (χ0v) is 19.0. The molecule has 4 nitrogen and oxygen atoms in total. The zero-order chi connectivity index (χ0) is 20.1. The fourth-order valence-electron chi connectivity index (χ4n) is 3.42. The summed E-state index contributed by atoms with van der Waals surface area (Å²) in [6.07, 6.45) is 2.16. The van der Waals surface area contributed by atoms with E-state index in [-0.39, 0.29) is 29.5 Å². The number of aliphatic hydroxyl groups excluding tert-OH is 1. The van der Waals surface area contributed by atoms with E-state index < -0.39 is 8.32 Å². The van der Waals surface area contributed by atoms with Crippen LogP contribution in [0, 0.1) is 0 Å². The molecule has 3 atom stereocenters. The normalized spacial score (nSPS) is 23.4. The summed E-state index contributed by atoms with van der Waals surface area (Å²) in [6.45, 7) is 14.7. The van der Waals surface area contributed by atoms with Crippen molar-refractivity contribution in [3.05, 3.63) is 35.9 Å². The van der Waals surface area contributed by atoms with E-state index in [0.29, 0.717) is 13.0 Å². The van der Waals surface area contributed by atoms with E-state index >= 15 is 0 Å². The molecule has 0 unspecified atom stereocenters. The highest BCUT2D eigenvalue weighted by Gasteiger charge is 2.47. The van der Waals surface area contributed by atoms with Crippen LogP contribution >= 0.6 is 0 Å². The van der Waals surface area contributed by atoms with Crippen molar-refractivity contribution in [3.8, 4) is 0 Å². The molecule has 0 radical (unpaired) electrons. The van der Waals surface area contributed by atoms with Crippen LogP contribution in [-0.2, 0) is 20.5 Å². The molecule has 0 saturated carbocycles. The first kappa shape index (κ1) is 22.6. The molecule has 0 aromatic heterocycles. The Bertz CT molecular complexity index is 561. The summed E-state index contributed by atoms with van der Waals surface area (Å²) in [4.78, 5) is 0. The predicted octanol–water partition coefficient (Wildman–Crippen LogP) is 4.91. The summed E-state index contributed by atoms with van der Waals surface area (Å²) >= 11 is 0. The first-order valence-corrected chi connectivity index (χ1v) is 13.1. The molecule has 1 N–H and O–H groups in total. The third kappa shape index (κ3) is 5.88. The molecule has 1 heterocycles. The van der Waals surface area contributed by atoms with Gasteiger partial charge in [-0.15, -0.1) is 0 Å². The van der Waals surface area contributed by atoms with Gasteiger partial charge in [-0.2, -0.15) is 0 Å². The van der Waals surface area contributed by atoms with Crippen LogP contribution < -0.4 is 0 Å². The lowest BCUT2D eigenvalue weighted by Gasteiger charge is -2.45. The first-order valence-electron chi connectivity index (χ1n) is 10.2. The van der Waals surface area contributed by atoms with Gasteiger partial charge in [0.25, 0.3) is 0 Å². The molecule has 0 bridgehead atoms. The topological polar surface area (TPSA) is 47.9 Å². The molecule has 1 aliphatic rings. The van der Waals surface area contributed by atoms with E-state index in [4.69, 9.17) is 13.9 Å². The summed E-state index contributed by atoms with van der Waals surface area (Å²) in [7, 11) is -2.01. The van der Waals surface area contributed by atoms with Crippen molar-refractivity contribution >= 4 is 8.32 Å². The van der Waals surface area contributed by atoms with Gasteiger partial charge in [0.1, 0.15) is 6.10 Å². The van der Waals surface area contributed by atoms with Crippen molar-refractivity contribution in [2.24, 2.45) is 0 Å². The highest BCUT2D eigenvalue weighted by Crippen LogP contribution is 2.41. The average Bonchev–Trinajstić information content (AvgIpc) is 3.02. The Morgan fingerprint density at radius 3 is 2.41 bits per heavy atom. The van der Waals surface area contributed by atoms with Gasteiger partial charge in [0.05, 0.1) is 18.3 Å². The van der Waals surface area contributed by atoms with Gasteiger partial charge in [0.2, 0.25) is 0 Å². The van der Waals surface area contributed by atoms with Gasteiger partial charge >= 0.3 is 0 Å². The quantitative estimate of drug-likeness (QED) is 0.604. The third-order valence-electron chi connectivity index (χ3n) is 6.13. The molecule has 0 amide bonds. The number of ether oxygens (including phenoxy) is 2. The van der Waals surface area contributed by atoms with Gasteiger partial charge < -0.3 is 19.0 Å². The Morgan fingerprint density at radius 1 is 1.22 bits per heavy atom. The fourth-order valence-corrected chi connectivity index (χ4v) is 4.77. The molecule has 0 spiro atoms. The molecule has 5 heteroatoms. The molecular formula is C22H38O4Si. The van der Waals surface area contributed by atoms with Crippen LogP contribution in [0.4, 0.5) is 0 Å². The van der Waals surface area contributed by atoms with Gasteiger partial charge in [0.15, 0.2) is 8.32 Å². The second kappa shape index (κ2) is 9.18. The summed E-state index contributed by atoms with van der Waals surface area (Å²) < 4.78 is 19.3. The van der Waals surface area contributed by atoms with E-state index in [0.717, 1.165) is 25.0 Å². The Balaban J connectivity index is 2.24. The maximum absolute atomic E-state index is 9.74.